The smallest absolute Gasteiger partial charge is 0.156 e. The maximum Gasteiger partial charge on any atom is 0.156 e. The monoisotopic (exact) mass is 564 g/mol. The Labute approximate surface area is 234 Å². The second-order valence-corrected chi connectivity index (χ2v) is 9.49. The van der Waals surface area contributed by atoms with Crippen LogP contribution < -0.4 is 24.8 Å². The SMILES string of the molecule is COc1ccc2c(c1)CCCN2C(N)C(C=O)Cc1ccc(OCCOc2c(Cl)cccc2Cl)cc1.Cl. The molecule has 37 heavy (non-hydrogen) atoms. The number of fused-ring (bicyclic) bond motifs is 1. The van der Waals surface area contributed by atoms with Gasteiger partial charge in [0.05, 0.1) is 29.2 Å². The number of anilines is 1. The van der Waals surface area contributed by atoms with Crippen molar-refractivity contribution in [3.63, 3.8) is 0 Å². The van der Waals surface area contributed by atoms with Crippen LogP contribution in [0.5, 0.6) is 17.2 Å². The molecular weight excluding hydrogens is 535 g/mol. The Morgan fingerprint density at radius 2 is 1.68 bits per heavy atom. The van der Waals surface area contributed by atoms with Crippen molar-refractivity contribution in [1.29, 1.82) is 0 Å². The fraction of sp³-hybridized carbons (Fsp3) is 0.321. The van der Waals surface area contributed by atoms with Gasteiger partial charge in [0.25, 0.3) is 0 Å². The number of aldehydes is 1. The van der Waals surface area contributed by atoms with Crippen LogP contribution >= 0.6 is 35.6 Å². The van der Waals surface area contributed by atoms with Gasteiger partial charge in [-0.15, -0.1) is 12.4 Å². The molecule has 0 fully saturated rings. The molecule has 0 aromatic heterocycles. The molecule has 2 N–H and O–H groups in total. The number of carbonyl (C=O) groups excluding carboxylic acids is 1. The topological polar surface area (TPSA) is 74.0 Å². The fourth-order valence-corrected chi connectivity index (χ4v) is 4.94. The first-order valence-electron chi connectivity index (χ1n) is 11.9. The molecule has 1 aliphatic rings. The molecule has 0 bridgehead atoms. The maximum absolute atomic E-state index is 12.0. The van der Waals surface area contributed by atoms with Gasteiger partial charge in [0.15, 0.2) is 5.75 Å². The number of benzene rings is 3. The Morgan fingerprint density at radius 3 is 2.35 bits per heavy atom. The van der Waals surface area contributed by atoms with Crippen LogP contribution in [-0.4, -0.2) is 39.3 Å². The molecule has 1 heterocycles. The van der Waals surface area contributed by atoms with Crippen LogP contribution in [-0.2, 0) is 17.6 Å². The number of halogens is 3. The molecular formula is C28H31Cl3N2O4. The van der Waals surface area contributed by atoms with Gasteiger partial charge in [0, 0.05) is 12.2 Å². The van der Waals surface area contributed by atoms with Gasteiger partial charge in [-0.05, 0) is 72.9 Å². The van der Waals surface area contributed by atoms with E-state index >= 15 is 0 Å². The summed E-state index contributed by atoms with van der Waals surface area (Å²) >= 11 is 12.2. The number of ether oxygens (including phenoxy) is 3. The molecule has 0 spiro atoms. The zero-order valence-electron chi connectivity index (χ0n) is 20.6. The number of para-hydroxylation sites is 1. The van der Waals surface area contributed by atoms with E-state index in [9.17, 15) is 4.79 Å². The molecule has 3 aromatic carbocycles. The van der Waals surface area contributed by atoms with Crippen molar-refractivity contribution in [3.8, 4) is 17.2 Å². The van der Waals surface area contributed by atoms with E-state index in [0.717, 1.165) is 42.7 Å². The molecule has 2 atom stereocenters. The average molecular weight is 566 g/mol. The minimum atomic E-state index is -0.417. The number of rotatable bonds is 11. The van der Waals surface area contributed by atoms with Gasteiger partial charge < -0.3 is 29.6 Å². The molecule has 0 saturated heterocycles. The van der Waals surface area contributed by atoms with Crippen LogP contribution in [0.1, 0.15) is 17.5 Å². The standard InChI is InChI=1S/C28H30Cl2N2O4.ClH/c1-34-23-11-12-26-20(17-23)4-3-13-32(26)28(31)21(18-33)16-19-7-9-22(10-8-19)35-14-15-36-27-24(29)5-2-6-25(27)30;/h2,5-12,17-18,21,28H,3-4,13-16,31H2,1H3;1H. The molecule has 0 aliphatic carbocycles. The van der Waals surface area contributed by atoms with Gasteiger partial charge in [-0.1, -0.05) is 41.4 Å². The van der Waals surface area contributed by atoms with E-state index < -0.39 is 6.17 Å². The van der Waals surface area contributed by atoms with Crippen LogP contribution in [0, 0.1) is 5.92 Å². The summed E-state index contributed by atoms with van der Waals surface area (Å²) in [6, 6.07) is 18.9. The van der Waals surface area contributed by atoms with Gasteiger partial charge >= 0.3 is 0 Å². The molecule has 9 heteroatoms. The molecule has 2 unspecified atom stereocenters. The average Bonchev–Trinajstić information content (AvgIpc) is 2.90. The Morgan fingerprint density at radius 1 is 1.00 bits per heavy atom. The summed E-state index contributed by atoms with van der Waals surface area (Å²) in [6.07, 6.45) is 3.04. The van der Waals surface area contributed by atoms with Crippen LogP contribution in [0.25, 0.3) is 0 Å². The first-order valence-corrected chi connectivity index (χ1v) is 12.7. The molecule has 6 nitrogen and oxygen atoms in total. The third-order valence-corrected chi connectivity index (χ3v) is 6.92. The molecule has 3 aromatic rings. The van der Waals surface area contributed by atoms with E-state index in [2.05, 4.69) is 11.0 Å². The fourth-order valence-electron chi connectivity index (χ4n) is 4.44. The lowest BCUT2D eigenvalue weighted by Crippen LogP contribution is -2.50. The van der Waals surface area contributed by atoms with E-state index in [0.29, 0.717) is 41.2 Å². The number of aryl methyl sites for hydroxylation is 1. The van der Waals surface area contributed by atoms with Crippen molar-refractivity contribution in [2.75, 3.05) is 31.8 Å². The molecule has 198 valence electrons. The van der Waals surface area contributed by atoms with E-state index in [1.807, 2.05) is 36.4 Å². The predicted molar refractivity (Wildman–Crippen MR) is 151 cm³/mol. The highest BCUT2D eigenvalue weighted by Gasteiger charge is 2.28. The zero-order valence-corrected chi connectivity index (χ0v) is 22.9. The van der Waals surface area contributed by atoms with E-state index in [-0.39, 0.29) is 18.3 Å². The molecule has 0 saturated carbocycles. The van der Waals surface area contributed by atoms with Crippen LogP contribution in [0.4, 0.5) is 5.69 Å². The lowest BCUT2D eigenvalue weighted by atomic mass is 9.94. The number of methoxy groups -OCH3 is 1. The lowest BCUT2D eigenvalue weighted by molar-refractivity contribution is -0.111. The van der Waals surface area contributed by atoms with Gasteiger partial charge in [-0.2, -0.15) is 0 Å². The molecule has 0 radical (unpaired) electrons. The van der Waals surface area contributed by atoms with Crippen LogP contribution in [0.3, 0.4) is 0 Å². The zero-order chi connectivity index (χ0) is 25.5. The van der Waals surface area contributed by atoms with Crippen molar-refractivity contribution in [1.82, 2.24) is 0 Å². The second kappa shape index (κ2) is 13.8. The van der Waals surface area contributed by atoms with Gasteiger partial charge in [0.1, 0.15) is 31.0 Å². The van der Waals surface area contributed by atoms with Gasteiger partial charge in [-0.3, -0.25) is 0 Å². The highest BCUT2D eigenvalue weighted by atomic mass is 35.5. The minimum absolute atomic E-state index is 0. The molecule has 0 amide bonds. The second-order valence-electron chi connectivity index (χ2n) is 8.68. The largest absolute Gasteiger partial charge is 0.497 e. The van der Waals surface area contributed by atoms with Crippen molar-refractivity contribution >= 4 is 47.6 Å². The number of nitrogens with two attached hydrogens (primary N) is 1. The summed E-state index contributed by atoms with van der Waals surface area (Å²) in [5.74, 6) is 1.64. The van der Waals surface area contributed by atoms with Crippen molar-refractivity contribution in [2.45, 2.75) is 25.4 Å². The van der Waals surface area contributed by atoms with Crippen molar-refractivity contribution in [2.24, 2.45) is 11.7 Å². The Kier molecular flexibility index (Phi) is 10.8. The minimum Gasteiger partial charge on any atom is -0.497 e. The molecule has 4 rings (SSSR count). The van der Waals surface area contributed by atoms with Crippen LogP contribution in [0.2, 0.25) is 10.0 Å². The summed E-state index contributed by atoms with van der Waals surface area (Å²) in [7, 11) is 1.66. The first-order chi connectivity index (χ1) is 17.5. The first kappa shape index (κ1) is 28.9. The summed E-state index contributed by atoms with van der Waals surface area (Å²) < 4.78 is 16.8. The normalized spacial score (nSPS) is 14.1. The summed E-state index contributed by atoms with van der Waals surface area (Å²) in [5, 5.41) is 0.921. The maximum atomic E-state index is 12.0. The van der Waals surface area contributed by atoms with Gasteiger partial charge in [-0.25, -0.2) is 0 Å². The number of hydrogen-bond donors (Lipinski definition) is 1. The summed E-state index contributed by atoms with van der Waals surface area (Å²) in [5.41, 5.74) is 9.91. The predicted octanol–water partition coefficient (Wildman–Crippen LogP) is 5.98. The Hall–Kier alpha value is -2.64. The summed E-state index contributed by atoms with van der Waals surface area (Å²) in [4.78, 5) is 14.2. The van der Waals surface area contributed by atoms with Gasteiger partial charge in [0.2, 0.25) is 0 Å². The Bertz CT molecular complexity index is 1160. The highest BCUT2D eigenvalue weighted by Crippen LogP contribution is 2.33. The summed E-state index contributed by atoms with van der Waals surface area (Å²) in [6.45, 7) is 1.46. The number of hydrogen-bond acceptors (Lipinski definition) is 6. The highest BCUT2D eigenvalue weighted by molar-refractivity contribution is 6.37. The van der Waals surface area contributed by atoms with E-state index in [4.69, 9.17) is 43.1 Å². The van der Waals surface area contributed by atoms with Crippen molar-refractivity contribution in [3.05, 3.63) is 81.8 Å². The number of nitrogens with zero attached hydrogens (tertiary/aromatic N) is 1. The molecule has 1 aliphatic heterocycles. The third kappa shape index (κ3) is 7.23. The Balaban J connectivity index is 0.00000380. The lowest BCUT2D eigenvalue weighted by Gasteiger charge is -2.38. The van der Waals surface area contributed by atoms with E-state index in [1.54, 1.807) is 25.3 Å². The number of carbonyl (C=O) groups is 1. The third-order valence-electron chi connectivity index (χ3n) is 6.33. The van der Waals surface area contributed by atoms with E-state index in [1.165, 1.54) is 5.56 Å². The van der Waals surface area contributed by atoms with Crippen LogP contribution in [0.15, 0.2) is 60.7 Å². The van der Waals surface area contributed by atoms with Crippen molar-refractivity contribution < 1.29 is 19.0 Å². The quantitative estimate of drug-likeness (QED) is 0.228.